The van der Waals surface area contributed by atoms with Crippen LogP contribution in [0.5, 0.6) is 11.5 Å². The lowest BCUT2D eigenvalue weighted by Gasteiger charge is -2.24. The number of hydrogen-bond donors (Lipinski definition) is 1. The molecule has 2 amide bonds. The van der Waals surface area contributed by atoms with Crippen molar-refractivity contribution in [3.8, 4) is 23.0 Å². The quantitative estimate of drug-likeness (QED) is 0.680. The largest absolute Gasteiger partial charge is 0.454 e. The number of likely N-dealkylation sites (N-methyl/N-ethyl adjacent to an activating group) is 1. The van der Waals surface area contributed by atoms with E-state index in [1.54, 1.807) is 18.2 Å². The zero-order chi connectivity index (χ0) is 21.0. The summed E-state index contributed by atoms with van der Waals surface area (Å²) in [5.74, 6) is 1.35. The molecule has 29 heavy (non-hydrogen) atoms. The summed E-state index contributed by atoms with van der Waals surface area (Å²) < 4.78 is 16.3. The van der Waals surface area contributed by atoms with Gasteiger partial charge in [0.25, 0.3) is 5.22 Å². The second kappa shape index (κ2) is 8.73. The molecule has 0 unspecified atom stereocenters. The number of amides is 2. The zero-order valence-corrected chi connectivity index (χ0v) is 17.7. The fourth-order valence-corrected chi connectivity index (χ4v) is 3.30. The summed E-state index contributed by atoms with van der Waals surface area (Å²) in [5.41, 5.74) is 0.359. The van der Waals surface area contributed by atoms with E-state index in [4.69, 9.17) is 13.9 Å². The van der Waals surface area contributed by atoms with E-state index >= 15 is 0 Å². The van der Waals surface area contributed by atoms with Gasteiger partial charge in [-0.05, 0) is 45.9 Å². The van der Waals surface area contributed by atoms with Crippen LogP contribution in [-0.4, -0.2) is 58.1 Å². The van der Waals surface area contributed by atoms with Crippen molar-refractivity contribution in [1.29, 1.82) is 0 Å². The lowest BCUT2D eigenvalue weighted by Crippen LogP contribution is -2.47. The first-order chi connectivity index (χ1) is 13.7. The van der Waals surface area contributed by atoms with Crippen molar-refractivity contribution in [2.24, 2.45) is 0 Å². The molecule has 0 atom stereocenters. The molecule has 1 aliphatic heterocycles. The number of aromatic nitrogens is 2. The van der Waals surface area contributed by atoms with Crippen LogP contribution in [0.15, 0.2) is 27.8 Å². The summed E-state index contributed by atoms with van der Waals surface area (Å²) in [7, 11) is 0. The highest BCUT2D eigenvalue weighted by Crippen LogP contribution is 2.36. The van der Waals surface area contributed by atoms with Crippen molar-refractivity contribution in [2.75, 3.05) is 25.6 Å². The average Bonchev–Trinajstić information content (AvgIpc) is 3.31. The Hall–Kier alpha value is -2.75. The highest BCUT2D eigenvalue weighted by molar-refractivity contribution is 7.99. The number of hydrogen-bond acceptors (Lipinski definition) is 8. The lowest BCUT2D eigenvalue weighted by atomic mass is 10.1. The van der Waals surface area contributed by atoms with E-state index in [2.05, 4.69) is 15.5 Å². The molecule has 2 aromatic rings. The number of carbonyl (C=O) groups is 2. The van der Waals surface area contributed by atoms with E-state index in [0.29, 0.717) is 29.5 Å². The molecule has 1 aliphatic rings. The highest BCUT2D eigenvalue weighted by Gasteiger charge is 2.21. The van der Waals surface area contributed by atoms with Crippen LogP contribution in [0.3, 0.4) is 0 Å². The minimum atomic E-state index is -0.344. The van der Waals surface area contributed by atoms with E-state index in [-0.39, 0.29) is 41.7 Å². The molecule has 1 aromatic carbocycles. The van der Waals surface area contributed by atoms with Gasteiger partial charge in [0.2, 0.25) is 24.5 Å². The summed E-state index contributed by atoms with van der Waals surface area (Å²) in [4.78, 5) is 26.0. The van der Waals surface area contributed by atoms with Crippen molar-refractivity contribution in [3.63, 3.8) is 0 Å². The van der Waals surface area contributed by atoms with Crippen LogP contribution in [0.2, 0.25) is 0 Å². The molecule has 1 N–H and O–H groups in total. The molecule has 0 aliphatic carbocycles. The summed E-state index contributed by atoms with van der Waals surface area (Å²) in [6.07, 6.45) is 0. The monoisotopic (exact) mass is 420 g/mol. The Morgan fingerprint density at radius 1 is 1.21 bits per heavy atom. The van der Waals surface area contributed by atoms with Crippen molar-refractivity contribution >= 4 is 23.6 Å². The maximum atomic E-state index is 12.5. The molecule has 156 valence electrons. The Morgan fingerprint density at radius 3 is 2.69 bits per heavy atom. The van der Waals surface area contributed by atoms with Crippen LogP contribution in [-0.2, 0) is 9.59 Å². The molecule has 3 rings (SSSR count). The summed E-state index contributed by atoms with van der Waals surface area (Å²) in [6.45, 7) is 8.15. The van der Waals surface area contributed by atoms with Crippen molar-refractivity contribution in [3.05, 3.63) is 18.2 Å². The standard InChI is InChI=1S/C19H24N4O5S/c1-5-23(9-15(24)20-19(2,3)4)16(25)10-29-18-22-21-17(28-18)12-6-7-13-14(8-12)27-11-26-13/h6-8H,5,9-11H2,1-4H3,(H,20,24). The first-order valence-corrected chi connectivity index (χ1v) is 10.2. The highest BCUT2D eigenvalue weighted by atomic mass is 32.2. The van der Waals surface area contributed by atoms with Crippen molar-refractivity contribution in [1.82, 2.24) is 20.4 Å². The van der Waals surface area contributed by atoms with Crippen LogP contribution in [0.25, 0.3) is 11.5 Å². The predicted molar refractivity (Wildman–Crippen MR) is 107 cm³/mol. The zero-order valence-electron chi connectivity index (χ0n) is 16.9. The first-order valence-electron chi connectivity index (χ1n) is 9.20. The molecular formula is C19H24N4O5S. The summed E-state index contributed by atoms with van der Waals surface area (Å²) in [6, 6.07) is 5.34. The minimum Gasteiger partial charge on any atom is -0.454 e. The average molecular weight is 420 g/mol. The third-order valence-corrected chi connectivity index (χ3v) is 4.73. The summed E-state index contributed by atoms with van der Waals surface area (Å²) in [5, 5.41) is 11.1. The molecule has 0 radical (unpaired) electrons. The fraction of sp³-hybridized carbons (Fsp3) is 0.474. The second-order valence-electron chi connectivity index (χ2n) is 7.44. The normalized spacial score (nSPS) is 12.7. The molecular weight excluding hydrogens is 396 g/mol. The molecule has 1 aromatic heterocycles. The first kappa shape index (κ1) is 21.0. The number of carbonyl (C=O) groups excluding carboxylic acids is 2. The smallest absolute Gasteiger partial charge is 0.277 e. The minimum absolute atomic E-state index is 0.0133. The Labute approximate surface area is 173 Å². The van der Waals surface area contributed by atoms with Crippen LogP contribution in [0.1, 0.15) is 27.7 Å². The summed E-state index contributed by atoms with van der Waals surface area (Å²) >= 11 is 1.13. The van der Waals surface area contributed by atoms with E-state index in [0.717, 1.165) is 11.8 Å². The Bertz CT molecular complexity index is 893. The van der Waals surface area contributed by atoms with Crippen molar-refractivity contribution < 1.29 is 23.5 Å². The number of thioether (sulfide) groups is 1. The number of nitrogens with one attached hydrogen (secondary N) is 1. The van der Waals surface area contributed by atoms with Gasteiger partial charge in [-0.3, -0.25) is 9.59 Å². The molecule has 10 heteroatoms. The van der Waals surface area contributed by atoms with Crippen LogP contribution >= 0.6 is 11.8 Å². The van der Waals surface area contributed by atoms with Crippen LogP contribution in [0.4, 0.5) is 0 Å². The SMILES string of the molecule is CCN(CC(=O)NC(C)(C)C)C(=O)CSc1nnc(-c2ccc3c(c2)OCO3)o1. The molecule has 0 bridgehead atoms. The molecule has 0 fully saturated rings. The van der Waals surface area contributed by atoms with Crippen molar-refractivity contribution in [2.45, 2.75) is 38.5 Å². The molecule has 0 spiro atoms. The van der Waals surface area contributed by atoms with Gasteiger partial charge in [0, 0.05) is 17.6 Å². The van der Waals surface area contributed by atoms with Gasteiger partial charge >= 0.3 is 0 Å². The maximum absolute atomic E-state index is 12.5. The van der Waals surface area contributed by atoms with E-state index < -0.39 is 0 Å². The lowest BCUT2D eigenvalue weighted by molar-refractivity contribution is -0.134. The van der Waals surface area contributed by atoms with Gasteiger partial charge in [0.15, 0.2) is 11.5 Å². The van der Waals surface area contributed by atoms with Gasteiger partial charge in [-0.2, -0.15) is 0 Å². The van der Waals surface area contributed by atoms with E-state index in [9.17, 15) is 9.59 Å². The maximum Gasteiger partial charge on any atom is 0.277 e. The van der Waals surface area contributed by atoms with Gasteiger partial charge in [-0.15, -0.1) is 10.2 Å². The Balaban J connectivity index is 1.55. The number of fused-ring (bicyclic) bond motifs is 1. The van der Waals surface area contributed by atoms with Crippen LogP contribution in [0, 0.1) is 0 Å². The molecule has 9 nitrogen and oxygen atoms in total. The van der Waals surface area contributed by atoms with E-state index in [1.165, 1.54) is 4.90 Å². The second-order valence-corrected chi connectivity index (χ2v) is 8.36. The number of ether oxygens (including phenoxy) is 2. The van der Waals surface area contributed by atoms with Gasteiger partial charge in [0.1, 0.15) is 0 Å². The van der Waals surface area contributed by atoms with E-state index in [1.807, 2.05) is 27.7 Å². The van der Waals surface area contributed by atoms with Gasteiger partial charge in [-0.25, -0.2) is 0 Å². The number of benzene rings is 1. The third kappa shape index (κ3) is 5.63. The molecule has 0 saturated carbocycles. The molecule has 2 heterocycles. The number of rotatable bonds is 7. The van der Waals surface area contributed by atoms with Crippen LogP contribution < -0.4 is 14.8 Å². The van der Waals surface area contributed by atoms with Gasteiger partial charge in [0.05, 0.1) is 12.3 Å². The fourth-order valence-electron chi connectivity index (χ4n) is 2.64. The Kier molecular flexibility index (Phi) is 6.31. The Morgan fingerprint density at radius 2 is 1.97 bits per heavy atom. The topological polar surface area (TPSA) is 107 Å². The van der Waals surface area contributed by atoms with Gasteiger partial charge in [-0.1, -0.05) is 11.8 Å². The predicted octanol–water partition coefficient (Wildman–Crippen LogP) is 2.32. The van der Waals surface area contributed by atoms with Gasteiger partial charge < -0.3 is 24.1 Å². The number of nitrogens with zero attached hydrogens (tertiary/aromatic N) is 3. The third-order valence-electron chi connectivity index (χ3n) is 3.93. The molecule has 0 saturated heterocycles.